The Labute approximate surface area is 544 Å². The van der Waals surface area contributed by atoms with Gasteiger partial charge in [-0.05, 0) is 88.6 Å². The highest BCUT2D eigenvalue weighted by atomic mass is 28.4. The van der Waals surface area contributed by atoms with Crippen LogP contribution in [0.4, 0.5) is 0 Å². The summed E-state index contributed by atoms with van der Waals surface area (Å²) in [4.78, 5) is 34.8. The smallest absolute Gasteiger partial charge is 0.261 e. The van der Waals surface area contributed by atoms with Crippen LogP contribution in [0.2, 0.25) is 10.1 Å². The molecule has 7 nitrogen and oxygen atoms in total. The van der Waals surface area contributed by atoms with E-state index < -0.39 is 28.8 Å². The van der Waals surface area contributed by atoms with E-state index in [1.165, 1.54) is 91.4 Å². The average molecular weight is 1250 g/mol. The van der Waals surface area contributed by atoms with E-state index in [1.807, 2.05) is 0 Å². The van der Waals surface area contributed by atoms with Crippen LogP contribution in [0.1, 0.15) is 302 Å². The van der Waals surface area contributed by atoms with Crippen LogP contribution in [0.5, 0.6) is 0 Å². The van der Waals surface area contributed by atoms with Crippen molar-refractivity contribution >= 4 is 55.2 Å². The third-order valence-electron chi connectivity index (χ3n) is 17.5. The summed E-state index contributed by atoms with van der Waals surface area (Å²) in [5.41, 5.74) is 0. The molecule has 88 heavy (non-hydrogen) atoms. The molecule has 2 N–H and O–H groups in total. The molecule has 0 aliphatic carbocycles. The fourth-order valence-electron chi connectivity index (χ4n) is 12.5. The lowest BCUT2D eigenvalue weighted by molar-refractivity contribution is -0.120. The SMILES string of the molecule is C.C.C.CC(C)(C)[Si](OCCCCCCCCC(=O)CCCCCCCCC=O)(c1ccccc1)c1ccccc1.CCCCCCCC(O)C(O)CCCCCCCCC(=O)CCCCCCCCO[Si](c1ccccc1)(c1ccccc1)C(C)(C)C. The predicted molar refractivity (Wildman–Crippen MR) is 387 cm³/mol. The zero-order valence-corrected chi connectivity index (χ0v) is 57.1. The van der Waals surface area contributed by atoms with Gasteiger partial charge in [-0.1, -0.05) is 333 Å². The molecular formula is C79H134O7Si2. The Balaban J connectivity index is 0.00000170. The second kappa shape index (κ2) is 50.8. The molecule has 0 heterocycles. The number of benzene rings is 4. The maximum atomic E-state index is 12.4. The van der Waals surface area contributed by atoms with Crippen LogP contribution >= 0.6 is 0 Å². The molecule has 0 aliphatic rings. The van der Waals surface area contributed by atoms with Crippen molar-refractivity contribution in [3.05, 3.63) is 121 Å². The molecule has 0 aliphatic heterocycles. The third kappa shape index (κ3) is 33.0. The van der Waals surface area contributed by atoms with Crippen molar-refractivity contribution in [2.24, 2.45) is 0 Å². The lowest BCUT2D eigenvalue weighted by atomic mass is 9.99. The van der Waals surface area contributed by atoms with Crippen molar-refractivity contribution in [2.45, 2.75) is 324 Å². The quantitative estimate of drug-likeness (QED) is 0.0257. The van der Waals surface area contributed by atoms with Gasteiger partial charge in [0.05, 0.1) is 12.2 Å². The van der Waals surface area contributed by atoms with Crippen molar-refractivity contribution in [3.8, 4) is 0 Å². The Hall–Kier alpha value is -3.84. The molecule has 0 spiro atoms. The van der Waals surface area contributed by atoms with Crippen LogP contribution in [0.25, 0.3) is 0 Å². The average Bonchev–Trinajstić information content (AvgIpc) is 0.784. The fourth-order valence-corrected chi connectivity index (χ4v) is 21.7. The largest absolute Gasteiger partial charge is 0.407 e. The molecule has 0 bridgehead atoms. The number of carbonyl (C=O) groups is 3. The van der Waals surface area contributed by atoms with Gasteiger partial charge in [0.1, 0.15) is 17.9 Å². The van der Waals surface area contributed by atoms with Gasteiger partial charge in [0.2, 0.25) is 0 Å². The third-order valence-corrected chi connectivity index (χ3v) is 27.5. The molecule has 9 heteroatoms. The molecule has 0 fully saturated rings. The minimum Gasteiger partial charge on any atom is -0.407 e. The molecule has 0 aromatic heterocycles. The van der Waals surface area contributed by atoms with Gasteiger partial charge in [-0.2, -0.15) is 0 Å². The highest BCUT2D eigenvalue weighted by molar-refractivity contribution is 7.00. The second-order valence-electron chi connectivity index (χ2n) is 26.7. The van der Waals surface area contributed by atoms with Crippen LogP contribution < -0.4 is 20.7 Å². The molecule has 4 aromatic rings. The summed E-state index contributed by atoms with van der Waals surface area (Å²) < 4.78 is 14.0. The summed E-state index contributed by atoms with van der Waals surface area (Å²) in [6.07, 6.45) is 37.6. The number of rotatable bonds is 49. The van der Waals surface area contributed by atoms with Crippen LogP contribution in [0.15, 0.2) is 121 Å². The van der Waals surface area contributed by atoms with E-state index in [-0.39, 0.29) is 32.4 Å². The maximum Gasteiger partial charge on any atom is 0.261 e. The van der Waals surface area contributed by atoms with Gasteiger partial charge in [-0.3, -0.25) is 9.59 Å². The number of aldehydes is 1. The molecule has 2 atom stereocenters. The van der Waals surface area contributed by atoms with Gasteiger partial charge >= 0.3 is 0 Å². The Kier molecular flexibility index (Phi) is 48.6. The summed E-state index contributed by atoms with van der Waals surface area (Å²) in [5.74, 6) is 0.861. The normalized spacial score (nSPS) is 12.4. The van der Waals surface area contributed by atoms with E-state index in [0.717, 1.165) is 167 Å². The maximum absolute atomic E-state index is 12.4. The Morgan fingerprint density at radius 2 is 0.614 bits per heavy atom. The van der Waals surface area contributed by atoms with Crippen LogP contribution in [-0.4, -0.2) is 70.1 Å². The zero-order chi connectivity index (χ0) is 61.8. The summed E-state index contributed by atoms with van der Waals surface area (Å²) >= 11 is 0. The van der Waals surface area contributed by atoms with Crippen LogP contribution in [0, 0.1) is 0 Å². The molecule has 0 amide bonds. The number of aliphatic hydroxyl groups is 2. The Morgan fingerprint density at radius 3 is 0.875 bits per heavy atom. The number of carbonyl (C=O) groups excluding carboxylic acids is 3. The number of hydrogen-bond donors (Lipinski definition) is 2. The van der Waals surface area contributed by atoms with Crippen LogP contribution in [0.3, 0.4) is 0 Å². The highest BCUT2D eigenvalue weighted by Crippen LogP contribution is 2.38. The fraction of sp³-hybridized carbons (Fsp3) is 0.658. The Morgan fingerprint density at radius 1 is 0.375 bits per heavy atom. The molecule has 4 aromatic carbocycles. The van der Waals surface area contributed by atoms with E-state index in [9.17, 15) is 24.6 Å². The first-order chi connectivity index (χ1) is 41.1. The van der Waals surface area contributed by atoms with E-state index in [2.05, 4.69) is 170 Å². The number of ketones is 2. The molecule has 500 valence electrons. The standard InChI is InChI=1S/C42H70O4Si.C34H52O3Si.3CH4/c1-5-6-7-12-25-34-40(44)41(45)35-26-15-9-8-13-19-28-37(43)29-20-14-10-11-16-27-36-46-47(42(2,3)4,38-30-21-17-22-31-38)39-32-23-18-24-33-39;1-34(2,3)38(32-25-17-13-18-26-32,33-27-19-14-20-28-33)37-30-22-12-8-6-10-16-24-31(36)23-15-9-5-4-7-11-21-29-35;;;/h17-18,21-24,30-33,40-41,44-45H,5-16,19-20,25-29,34-36H2,1-4H3;13-14,17-20,25-29H,4-12,15-16,21-24,30H2,1-3H3;3*1H4. The van der Waals surface area contributed by atoms with Gasteiger partial charge in [0.25, 0.3) is 16.6 Å². The molecule has 4 rings (SSSR count). The van der Waals surface area contributed by atoms with E-state index in [0.29, 0.717) is 24.4 Å². The summed E-state index contributed by atoms with van der Waals surface area (Å²) in [6, 6.07) is 43.5. The van der Waals surface area contributed by atoms with Gasteiger partial charge in [-0.15, -0.1) is 0 Å². The first-order valence-corrected chi connectivity index (χ1v) is 38.3. The molecule has 0 saturated carbocycles. The minimum absolute atomic E-state index is 0. The highest BCUT2D eigenvalue weighted by Gasteiger charge is 2.51. The van der Waals surface area contributed by atoms with Gasteiger partial charge in [0.15, 0.2) is 0 Å². The lowest BCUT2D eigenvalue weighted by Crippen LogP contribution is -2.66. The summed E-state index contributed by atoms with van der Waals surface area (Å²) in [5, 5.41) is 25.8. The van der Waals surface area contributed by atoms with Crippen molar-refractivity contribution in [1.82, 2.24) is 0 Å². The van der Waals surface area contributed by atoms with E-state index >= 15 is 0 Å². The van der Waals surface area contributed by atoms with Gasteiger partial charge in [0, 0.05) is 45.3 Å². The van der Waals surface area contributed by atoms with E-state index in [1.54, 1.807) is 0 Å². The van der Waals surface area contributed by atoms with Crippen molar-refractivity contribution in [1.29, 1.82) is 0 Å². The van der Waals surface area contributed by atoms with E-state index in [4.69, 9.17) is 8.85 Å². The van der Waals surface area contributed by atoms with Gasteiger partial charge in [-0.25, -0.2) is 0 Å². The monoisotopic (exact) mass is 1250 g/mol. The van der Waals surface area contributed by atoms with Crippen molar-refractivity contribution in [2.75, 3.05) is 13.2 Å². The summed E-state index contributed by atoms with van der Waals surface area (Å²) in [6.45, 7) is 17.8. The second-order valence-corrected chi connectivity index (χ2v) is 35.3. The molecular weight excluding hydrogens is 1120 g/mol. The molecule has 2 unspecified atom stereocenters. The molecule has 0 saturated heterocycles. The summed E-state index contributed by atoms with van der Waals surface area (Å²) in [7, 11) is -4.85. The van der Waals surface area contributed by atoms with Gasteiger partial charge < -0.3 is 23.9 Å². The number of Topliss-reactive ketones (excluding diaryl/α,β-unsaturated/α-hetero) is 2. The van der Waals surface area contributed by atoms with Crippen LogP contribution in [-0.2, 0) is 23.2 Å². The lowest BCUT2D eigenvalue weighted by Gasteiger charge is -2.43. The first-order valence-electron chi connectivity index (χ1n) is 34.5. The number of hydrogen-bond acceptors (Lipinski definition) is 7. The first kappa shape index (κ1) is 84.2. The predicted octanol–water partition coefficient (Wildman–Crippen LogP) is 20.2. The van der Waals surface area contributed by atoms with Crippen molar-refractivity contribution < 1.29 is 33.4 Å². The zero-order valence-electron chi connectivity index (χ0n) is 55.1. The Bertz CT molecular complexity index is 2170. The number of unbranched alkanes of at least 4 members (excludes halogenated alkanes) is 25. The minimum atomic E-state index is -2.44. The van der Waals surface area contributed by atoms with Crippen molar-refractivity contribution in [3.63, 3.8) is 0 Å². The topological polar surface area (TPSA) is 110 Å². The molecule has 0 radical (unpaired) electrons. The number of aliphatic hydroxyl groups excluding tert-OH is 2.